The molecule has 2 rings (SSSR count). The molecule has 0 heterocycles. The molecule has 0 saturated carbocycles. The van der Waals surface area contributed by atoms with Crippen molar-refractivity contribution in [3.63, 3.8) is 0 Å². The van der Waals surface area contributed by atoms with Gasteiger partial charge in [-0.1, -0.05) is 29.8 Å². The van der Waals surface area contributed by atoms with Gasteiger partial charge in [-0.05, 0) is 56.5 Å². The van der Waals surface area contributed by atoms with Gasteiger partial charge in [0.2, 0.25) is 15.9 Å². The number of carbonyl (C=O) groups is 1. The molecule has 0 aromatic heterocycles. The second-order valence-corrected chi connectivity index (χ2v) is 8.67. The van der Waals surface area contributed by atoms with Crippen LogP contribution in [0.2, 0.25) is 0 Å². The van der Waals surface area contributed by atoms with E-state index in [0.717, 1.165) is 23.4 Å². The summed E-state index contributed by atoms with van der Waals surface area (Å²) in [5, 5.41) is 2.84. The topological polar surface area (TPSA) is 75.7 Å². The fourth-order valence-corrected chi connectivity index (χ4v) is 4.12. The Morgan fingerprint density at radius 2 is 1.71 bits per heavy atom. The van der Waals surface area contributed by atoms with Crippen LogP contribution in [0.25, 0.3) is 0 Å². The highest BCUT2D eigenvalue weighted by Crippen LogP contribution is 2.23. The maximum Gasteiger partial charge on any atom is 0.243 e. The van der Waals surface area contributed by atoms with Crippen molar-refractivity contribution in [1.82, 2.24) is 5.32 Å². The number of nitrogens with one attached hydrogen (secondary N) is 1. The van der Waals surface area contributed by atoms with Gasteiger partial charge in [-0.25, -0.2) is 8.42 Å². The summed E-state index contributed by atoms with van der Waals surface area (Å²) in [6.07, 6.45) is 2.73. The van der Waals surface area contributed by atoms with Crippen molar-refractivity contribution in [2.24, 2.45) is 0 Å². The van der Waals surface area contributed by atoms with Crippen molar-refractivity contribution < 1.29 is 17.9 Å². The van der Waals surface area contributed by atoms with E-state index in [9.17, 15) is 13.2 Å². The van der Waals surface area contributed by atoms with Crippen LogP contribution < -0.4 is 14.4 Å². The molecule has 0 bridgehead atoms. The first-order valence-corrected chi connectivity index (χ1v) is 11.0. The monoisotopic (exact) mass is 404 g/mol. The summed E-state index contributed by atoms with van der Waals surface area (Å²) in [5.41, 5.74) is 2.85. The minimum atomic E-state index is -3.63. The summed E-state index contributed by atoms with van der Waals surface area (Å²) in [5.74, 6) is 0.288. The minimum absolute atomic E-state index is 0.329. The second-order valence-electron chi connectivity index (χ2n) is 6.81. The molecule has 0 aliphatic heterocycles. The molecule has 0 unspecified atom stereocenters. The summed E-state index contributed by atoms with van der Waals surface area (Å²) >= 11 is 0. The SMILES string of the molecule is COc1ccc(N([C@@H](C)C(=O)NCCCc2ccc(C)cc2)S(C)(=O)=O)cc1. The highest BCUT2D eigenvalue weighted by molar-refractivity contribution is 7.92. The Balaban J connectivity index is 1.97. The number of sulfonamides is 1. The fraction of sp³-hybridized carbons (Fsp3) is 0.381. The number of benzene rings is 2. The molecule has 1 N–H and O–H groups in total. The van der Waals surface area contributed by atoms with Gasteiger partial charge in [-0.15, -0.1) is 0 Å². The van der Waals surface area contributed by atoms with Crippen molar-refractivity contribution in [3.05, 3.63) is 59.7 Å². The first kappa shape index (κ1) is 21.8. The molecule has 0 aliphatic rings. The number of hydrogen-bond acceptors (Lipinski definition) is 4. The van der Waals surface area contributed by atoms with Crippen molar-refractivity contribution in [2.75, 3.05) is 24.2 Å². The smallest absolute Gasteiger partial charge is 0.243 e. The molecule has 1 amide bonds. The standard InChI is InChI=1S/C21H28N2O4S/c1-16-7-9-18(10-8-16)6-5-15-22-21(24)17(2)23(28(4,25)26)19-11-13-20(27-3)14-12-19/h7-14,17H,5-6,15H2,1-4H3,(H,22,24)/t17-/m0/s1. The molecule has 0 aliphatic carbocycles. The predicted octanol–water partition coefficient (Wildman–Crippen LogP) is 2.91. The van der Waals surface area contributed by atoms with Crippen LogP contribution in [0.4, 0.5) is 5.69 Å². The first-order chi connectivity index (χ1) is 13.2. The van der Waals surface area contributed by atoms with Crippen LogP contribution >= 0.6 is 0 Å². The van der Waals surface area contributed by atoms with Gasteiger partial charge in [-0.3, -0.25) is 9.10 Å². The Labute approximate surface area is 167 Å². The lowest BCUT2D eigenvalue weighted by Crippen LogP contribution is -2.48. The fourth-order valence-electron chi connectivity index (χ4n) is 2.94. The second kappa shape index (κ2) is 9.59. The molecule has 0 radical (unpaired) electrons. The van der Waals surface area contributed by atoms with Crippen molar-refractivity contribution in [1.29, 1.82) is 0 Å². The maximum atomic E-state index is 12.5. The van der Waals surface area contributed by atoms with Gasteiger partial charge in [0.1, 0.15) is 11.8 Å². The third kappa shape index (κ3) is 5.99. The molecule has 6 nitrogen and oxygen atoms in total. The van der Waals surface area contributed by atoms with Crippen molar-refractivity contribution in [3.8, 4) is 5.75 Å². The lowest BCUT2D eigenvalue weighted by Gasteiger charge is -2.28. The van der Waals surface area contributed by atoms with E-state index < -0.39 is 16.1 Å². The molecule has 2 aromatic rings. The number of nitrogens with zero attached hydrogens (tertiary/aromatic N) is 1. The number of anilines is 1. The zero-order valence-corrected chi connectivity index (χ0v) is 17.6. The number of amides is 1. The zero-order chi connectivity index (χ0) is 20.7. The zero-order valence-electron chi connectivity index (χ0n) is 16.8. The molecule has 0 spiro atoms. The van der Waals surface area contributed by atoms with E-state index in [-0.39, 0.29) is 5.91 Å². The van der Waals surface area contributed by atoms with Gasteiger partial charge in [0.25, 0.3) is 0 Å². The van der Waals surface area contributed by atoms with Crippen LogP contribution in [0.5, 0.6) is 5.75 Å². The largest absolute Gasteiger partial charge is 0.497 e. The molecule has 0 fully saturated rings. The molecule has 28 heavy (non-hydrogen) atoms. The number of hydrogen-bond donors (Lipinski definition) is 1. The van der Waals surface area contributed by atoms with Gasteiger partial charge in [-0.2, -0.15) is 0 Å². The van der Waals surface area contributed by atoms with Gasteiger partial charge in [0, 0.05) is 6.54 Å². The van der Waals surface area contributed by atoms with Crippen LogP contribution in [-0.2, 0) is 21.2 Å². The van der Waals surface area contributed by atoms with Gasteiger partial charge >= 0.3 is 0 Å². The Bertz CT molecular complexity index is 878. The predicted molar refractivity (Wildman–Crippen MR) is 112 cm³/mol. The van der Waals surface area contributed by atoms with Gasteiger partial charge < -0.3 is 10.1 Å². The Morgan fingerprint density at radius 3 is 2.25 bits per heavy atom. The average Bonchev–Trinajstić information content (AvgIpc) is 2.66. The summed E-state index contributed by atoms with van der Waals surface area (Å²) in [6, 6.07) is 14.0. The average molecular weight is 405 g/mol. The number of methoxy groups -OCH3 is 1. The van der Waals surface area contributed by atoms with E-state index >= 15 is 0 Å². The van der Waals surface area contributed by atoms with Crippen LogP contribution in [0.15, 0.2) is 48.5 Å². The lowest BCUT2D eigenvalue weighted by molar-refractivity contribution is -0.121. The van der Waals surface area contributed by atoms with Crippen LogP contribution in [-0.4, -0.2) is 40.3 Å². The number of rotatable bonds is 9. The highest BCUT2D eigenvalue weighted by Gasteiger charge is 2.28. The van der Waals surface area contributed by atoms with Crippen molar-refractivity contribution >= 4 is 21.6 Å². The van der Waals surface area contributed by atoms with Crippen LogP contribution in [0.1, 0.15) is 24.5 Å². The third-order valence-electron chi connectivity index (χ3n) is 4.48. The number of aryl methyl sites for hydroxylation is 2. The van der Waals surface area contributed by atoms with E-state index in [1.807, 2.05) is 6.92 Å². The number of ether oxygens (including phenoxy) is 1. The van der Waals surface area contributed by atoms with E-state index in [1.165, 1.54) is 18.2 Å². The summed E-state index contributed by atoms with van der Waals surface area (Å²) < 4.78 is 30.8. The van der Waals surface area contributed by atoms with E-state index in [2.05, 4.69) is 29.6 Å². The number of carbonyl (C=O) groups excluding carboxylic acids is 1. The summed E-state index contributed by atoms with van der Waals surface area (Å²) in [7, 11) is -2.09. The molecule has 152 valence electrons. The van der Waals surface area contributed by atoms with Gasteiger partial charge in [0.15, 0.2) is 0 Å². The Kier molecular flexibility index (Phi) is 7.45. The molecular formula is C21H28N2O4S. The third-order valence-corrected chi connectivity index (χ3v) is 5.72. The molecule has 0 saturated heterocycles. The molecular weight excluding hydrogens is 376 g/mol. The minimum Gasteiger partial charge on any atom is -0.497 e. The molecule has 2 aromatic carbocycles. The molecule has 1 atom stereocenters. The summed E-state index contributed by atoms with van der Waals surface area (Å²) in [6.45, 7) is 4.11. The molecule has 7 heteroatoms. The van der Waals surface area contributed by atoms with E-state index in [0.29, 0.717) is 18.0 Å². The summed E-state index contributed by atoms with van der Waals surface area (Å²) in [4.78, 5) is 12.5. The quantitative estimate of drug-likeness (QED) is 0.652. The Morgan fingerprint density at radius 1 is 1.11 bits per heavy atom. The van der Waals surface area contributed by atoms with Crippen LogP contribution in [0.3, 0.4) is 0 Å². The normalized spacial score (nSPS) is 12.3. The van der Waals surface area contributed by atoms with Crippen LogP contribution in [0, 0.1) is 6.92 Å². The van der Waals surface area contributed by atoms with E-state index in [4.69, 9.17) is 4.74 Å². The Hall–Kier alpha value is -2.54. The van der Waals surface area contributed by atoms with Crippen molar-refractivity contribution in [2.45, 2.75) is 32.7 Å². The van der Waals surface area contributed by atoms with E-state index in [1.54, 1.807) is 31.2 Å². The van der Waals surface area contributed by atoms with Gasteiger partial charge in [0.05, 0.1) is 19.1 Å². The first-order valence-electron chi connectivity index (χ1n) is 9.19. The highest BCUT2D eigenvalue weighted by atomic mass is 32.2. The maximum absolute atomic E-state index is 12.5. The lowest BCUT2D eigenvalue weighted by atomic mass is 10.1.